The van der Waals surface area contributed by atoms with Crippen LogP contribution in [0.25, 0.3) is 6.08 Å². The molecule has 90 valence electrons. The first kappa shape index (κ1) is 14.6. The Balaban J connectivity index is 0.000000302. The average Bonchev–Trinajstić information content (AvgIpc) is 2.30. The molecule has 4 heteroatoms. The highest BCUT2D eigenvalue weighted by molar-refractivity contribution is 5.91. The van der Waals surface area contributed by atoms with E-state index in [4.69, 9.17) is 10.2 Å². The lowest BCUT2D eigenvalue weighted by atomic mass is 10.2. The fourth-order valence-electron chi connectivity index (χ4n) is 0.847. The molecule has 0 saturated carbocycles. The molecule has 0 heterocycles. The average molecular weight is 234 g/mol. The Labute approximate surface area is 99.5 Å². The molecular formula is C13H14O4. The Kier molecular flexibility index (Phi) is 6.78. The van der Waals surface area contributed by atoms with Crippen molar-refractivity contribution in [3.63, 3.8) is 0 Å². The van der Waals surface area contributed by atoms with Crippen LogP contribution in [0, 0.1) is 0 Å². The lowest BCUT2D eigenvalue weighted by molar-refractivity contribution is -0.139. The SMILES string of the molecule is C=C(CC(=O)O)C(=O)O.C=Cc1ccccc1. The minimum atomic E-state index is -1.27. The van der Waals surface area contributed by atoms with Crippen molar-refractivity contribution in [2.75, 3.05) is 0 Å². The normalized spacial score (nSPS) is 8.47. The van der Waals surface area contributed by atoms with E-state index in [-0.39, 0.29) is 5.57 Å². The van der Waals surface area contributed by atoms with E-state index in [1.807, 2.05) is 36.4 Å². The monoisotopic (exact) mass is 234 g/mol. The molecule has 0 atom stereocenters. The summed E-state index contributed by atoms with van der Waals surface area (Å²) in [5, 5.41) is 16.1. The number of hydrogen-bond donors (Lipinski definition) is 2. The Morgan fingerprint density at radius 3 is 1.94 bits per heavy atom. The number of carbonyl (C=O) groups is 2. The topological polar surface area (TPSA) is 74.6 Å². The fourth-order valence-corrected chi connectivity index (χ4v) is 0.847. The maximum Gasteiger partial charge on any atom is 0.331 e. The number of rotatable bonds is 4. The van der Waals surface area contributed by atoms with Gasteiger partial charge in [0.2, 0.25) is 0 Å². The molecular weight excluding hydrogens is 220 g/mol. The Morgan fingerprint density at radius 1 is 1.18 bits per heavy atom. The summed E-state index contributed by atoms with van der Waals surface area (Å²) in [6.45, 7) is 6.64. The number of carboxylic acid groups (broad SMARTS) is 2. The first-order chi connectivity index (χ1) is 7.97. The fraction of sp³-hybridized carbons (Fsp3) is 0.0769. The van der Waals surface area contributed by atoms with Gasteiger partial charge in [0.25, 0.3) is 0 Å². The Hall–Kier alpha value is -2.36. The zero-order chi connectivity index (χ0) is 13.3. The number of benzene rings is 1. The lowest BCUT2D eigenvalue weighted by Gasteiger charge is -1.91. The molecule has 0 unspecified atom stereocenters. The minimum absolute atomic E-state index is 0.303. The van der Waals surface area contributed by atoms with Crippen molar-refractivity contribution in [1.29, 1.82) is 0 Å². The summed E-state index contributed by atoms with van der Waals surface area (Å²) in [5.41, 5.74) is 0.870. The summed E-state index contributed by atoms with van der Waals surface area (Å²) in [4.78, 5) is 19.7. The van der Waals surface area contributed by atoms with Gasteiger partial charge in [-0.3, -0.25) is 4.79 Å². The van der Waals surface area contributed by atoms with E-state index in [1.165, 1.54) is 5.56 Å². The summed E-state index contributed by atoms with van der Waals surface area (Å²) in [5.74, 6) is -2.44. The van der Waals surface area contributed by atoms with Gasteiger partial charge in [0.1, 0.15) is 0 Å². The highest BCUT2D eigenvalue weighted by Crippen LogP contribution is 1.97. The van der Waals surface area contributed by atoms with Gasteiger partial charge in [-0.05, 0) is 5.56 Å². The molecule has 0 spiro atoms. The van der Waals surface area contributed by atoms with Crippen LogP contribution < -0.4 is 0 Å². The van der Waals surface area contributed by atoms with Gasteiger partial charge in [0, 0.05) is 5.57 Å². The first-order valence-electron chi connectivity index (χ1n) is 4.77. The molecule has 0 saturated heterocycles. The van der Waals surface area contributed by atoms with Gasteiger partial charge in [-0.2, -0.15) is 0 Å². The van der Waals surface area contributed by atoms with E-state index >= 15 is 0 Å². The van der Waals surface area contributed by atoms with Crippen LogP contribution in [0.15, 0.2) is 49.1 Å². The molecule has 2 N–H and O–H groups in total. The van der Waals surface area contributed by atoms with Gasteiger partial charge in [-0.25, -0.2) is 4.79 Å². The van der Waals surface area contributed by atoms with E-state index < -0.39 is 18.4 Å². The van der Waals surface area contributed by atoms with Crippen molar-refractivity contribution < 1.29 is 19.8 Å². The zero-order valence-corrected chi connectivity index (χ0v) is 9.30. The molecule has 0 fully saturated rings. The quantitative estimate of drug-likeness (QED) is 0.784. The molecule has 0 aliphatic rings. The second kappa shape index (κ2) is 7.87. The molecule has 0 amide bonds. The van der Waals surface area contributed by atoms with Crippen molar-refractivity contribution in [3.05, 3.63) is 54.6 Å². The summed E-state index contributed by atoms with van der Waals surface area (Å²) in [6, 6.07) is 10.0. The Morgan fingerprint density at radius 2 is 1.71 bits per heavy atom. The highest BCUT2D eigenvalue weighted by Gasteiger charge is 2.07. The van der Waals surface area contributed by atoms with Crippen LogP contribution in [0.2, 0.25) is 0 Å². The summed E-state index contributed by atoms with van der Waals surface area (Å²) in [7, 11) is 0. The summed E-state index contributed by atoms with van der Waals surface area (Å²) < 4.78 is 0. The largest absolute Gasteiger partial charge is 0.481 e. The molecule has 1 aromatic carbocycles. The van der Waals surface area contributed by atoms with Crippen molar-refractivity contribution >= 4 is 18.0 Å². The van der Waals surface area contributed by atoms with E-state index in [0.717, 1.165) is 0 Å². The van der Waals surface area contributed by atoms with E-state index in [1.54, 1.807) is 0 Å². The minimum Gasteiger partial charge on any atom is -0.481 e. The third kappa shape index (κ3) is 7.56. The van der Waals surface area contributed by atoms with Gasteiger partial charge in [0.15, 0.2) is 0 Å². The van der Waals surface area contributed by atoms with Gasteiger partial charge in [0.05, 0.1) is 6.42 Å². The van der Waals surface area contributed by atoms with E-state index in [9.17, 15) is 9.59 Å². The van der Waals surface area contributed by atoms with Crippen LogP contribution in [-0.2, 0) is 9.59 Å². The molecule has 0 aliphatic heterocycles. The van der Waals surface area contributed by atoms with Crippen LogP contribution in [0.4, 0.5) is 0 Å². The summed E-state index contributed by atoms with van der Waals surface area (Å²) >= 11 is 0. The van der Waals surface area contributed by atoms with Crippen molar-refractivity contribution in [2.45, 2.75) is 6.42 Å². The van der Waals surface area contributed by atoms with Crippen molar-refractivity contribution in [1.82, 2.24) is 0 Å². The van der Waals surface area contributed by atoms with Crippen LogP contribution in [0.3, 0.4) is 0 Å². The van der Waals surface area contributed by atoms with Gasteiger partial charge < -0.3 is 10.2 Å². The standard InChI is InChI=1S/C8H8.C5H6O4/c1-2-8-6-4-3-5-7-8;1-3(5(8)9)2-4(6)7/h2-7H,1H2;1-2H2,(H,6,7)(H,8,9). The smallest absolute Gasteiger partial charge is 0.331 e. The molecule has 0 radical (unpaired) electrons. The van der Waals surface area contributed by atoms with Crippen molar-refractivity contribution in [2.24, 2.45) is 0 Å². The van der Waals surface area contributed by atoms with E-state index in [2.05, 4.69) is 13.2 Å². The van der Waals surface area contributed by atoms with Gasteiger partial charge >= 0.3 is 11.9 Å². The molecule has 0 bridgehead atoms. The highest BCUT2D eigenvalue weighted by atomic mass is 16.4. The number of carboxylic acids is 2. The maximum atomic E-state index is 9.87. The second-order valence-corrected chi connectivity index (χ2v) is 3.09. The predicted octanol–water partition coefficient (Wildman–Crippen LogP) is 2.43. The maximum absolute atomic E-state index is 9.87. The first-order valence-corrected chi connectivity index (χ1v) is 4.77. The Bertz CT molecular complexity index is 407. The molecule has 4 nitrogen and oxygen atoms in total. The summed E-state index contributed by atoms with van der Waals surface area (Å²) in [6.07, 6.45) is 1.33. The van der Waals surface area contributed by atoms with Crippen LogP contribution in [0.5, 0.6) is 0 Å². The van der Waals surface area contributed by atoms with E-state index in [0.29, 0.717) is 0 Å². The predicted molar refractivity (Wildman–Crippen MR) is 65.6 cm³/mol. The zero-order valence-electron chi connectivity index (χ0n) is 9.30. The van der Waals surface area contributed by atoms with Crippen molar-refractivity contribution in [3.8, 4) is 0 Å². The molecule has 17 heavy (non-hydrogen) atoms. The van der Waals surface area contributed by atoms with Gasteiger partial charge in [-0.1, -0.05) is 49.6 Å². The van der Waals surface area contributed by atoms with Crippen LogP contribution in [0.1, 0.15) is 12.0 Å². The second-order valence-electron chi connectivity index (χ2n) is 3.09. The molecule has 0 aromatic heterocycles. The number of aliphatic carboxylic acids is 2. The molecule has 0 aliphatic carbocycles. The van der Waals surface area contributed by atoms with Crippen LogP contribution in [-0.4, -0.2) is 22.2 Å². The molecule has 1 rings (SSSR count). The number of hydrogen-bond acceptors (Lipinski definition) is 2. The lowest BCUT2D eigenvalue weighted by Crippen LogP contribution is -2.04. The van der Waals surface area contributed by atoms with Crippen LogP contribution >= 0.6 is 0 Å². The molecule has 1 aromatic rings. The van der Waals surface area contributed by atoms with Gasteiger partial charge in [-0.15, -0.1) is 0 Å². The third-order valence-electron chi connectivity index (χ3n) is 1.70. The third-order valence-corrected chi connectivity index (χ3v) is 1.70.